The van der Waals surface area contributed by atoms with Crippen LogP contribution >= 0.6 is 11.6 Å². The predicted octanol–water partition coefficient (Wildman–Crippen LogP) is 3.38. The Labute approximate surface area is 111 Å². The molecule has 94 valence electrons. The summed E-state index contributed by atoms with van der Waals surface area (Å²) >= 11 is 5.84. The van der Waals surface area contributed by atoms with E-state index in [-0.39, 0.29) is 11.9 Å². The highest BCUT2D eigenvalue weighted by Gasteiger charge is 2.15. The summed E-state index contributed by atoms with van der Waals surface area (Å²) in [7, 11) is 1.80. The molecule has 1 aromatic carbocycles. The third-order valence-corrected chi connectivity index (χ3v) is 3.07. The van der Waals surface area contributed by atoms with Gasteiger partial charge in [-0.2, -0.15) is 0 Å². The van der Waals surface area contributed by atoms with Gasteiger partial charge in [0, 0.05) is 11.2 Å². The molecular weight excluding hydrogens is 251 g/mol. The number of pyridine rings is 1. The van der Waals surface area contributed by atoms with Gasteiger partial charge >= 0.3 is 0 Å². The lowest BCUT2D eigenvalue weighted by Gasteiger charge is -2.16. The summed E-state index contributed by atoms with van der Waals surface area (Å²) < 4.78 is 13.7. The molecule has 1 unspecified atom stereocenters. The van der Waals surface area contributed by atoms with Gasteiger partial charge in [-0.25, -0.2) is 4.39 Å². The van der Waals surface area contributed by atoms with Crippen molar-refractivity contribution in [1.82, 2.24) is 10.3 Å². The maximum Gasteiger partial charge on any atom is 0.146 e. The molecule has 2 nitrogen and oxygen atoms in total. The monoisotopic (exact) mass is 264 g/mol. The first kappa shape index (κ1) is 13.0. The summed E-state index contributed by atoms with van der Waals surface area (Å²) in [5, 5.41) is 3.78. The van der Waals surface area contributed by atoms with Crippen LogP contribution in [0.15, 0.2) is 42.6 Å². The van der Waals surface area contributed by atoms with Crippen molar-refractivity contribution in [3.8, 4) is 0 Å². The van der Waals surface area contributed by atoms with Crippen molar-refractivity contribution in [2.45, 2.75) is 12.5 Å². The van der Waals surface area contributed by atoms with Gasteiger partial charge in [-0.3, -0.25) is 4.98 Å². The minimum atomic E-state index is -0.286. The van der Waals surface area contributed by atoms with Crippen LogP contribution in [0.3, 0.4) is 0 Å². The summed E-state index contributed by atoms with van der Waals surface area (Å²) in [6.45, 7) is 0. The van der Waals surface area contributed by atoms with Crippen LogP contribution in [0.1, 0.15) is 17.3 Å². The molecule has 1 heterocycles. The smallest absolute Gasteiger partial charge is 0.146 e. The molecule has 0 aliphatic heterocycles. The standard InChI is InChI=1S/C14H14ClFN2/c1-17-13(14-12(16)3-2-8-18-14)9-10-4-6-11(15)7-5-10/h2-8,13,17H,9H2,1H3. The molecule has 0 bridgehead atoms. The lowest BCUT2D eigenvalue weighted by atomic mass is 10.0. The third-order valence-electron chi connectivity index (χ3n) is 2.82. The zero-order chi connectivity index (χ0) is 13.0. The number of hydrogen-bond donors (Lipinski definition) is 1. The van der Waals surface area contributed by atoms with Crippen LogP contribution in [0.2, 0.25) is 5.02 Å². The number of hydrogen-bond acceptors (Lipinski definition) is 2. The van der Waals surface area contributed by atoms with Crippen molar-refractivity contribution >= 4 is 11.6 Å². The van der Waals surface area contributed by atoms with Crippen molar-refractivity contribution in [3.05, 3.63) is 64.7 Å². The summed E-state index contributed by atoms with van der Waals surface area (Å²) in [6, 6.07) is 10.4. The number of benzene rings is 1. The molecule has 0 saturated carbocycles. The van der Waals surface area contributed by atoms with E-state index in [0.717, 1.165) is 5.56 Å². The molecule has 18 heavy (non-hydrogen) atoms. The fourth-order valence-electron chi connectivity index (χ4n) is 1.85. The Kier molecular flexibility index (Phi) is 4.28. The maximum atomic E-state index is 13.7. The van der Waals surface area contributed by atoms with Gasteiger partial charge < -0.3 is 5.32 Å². The number of likely N-dealkylation sites (N-methyl/N-ethyl adjacent to an activating group) is 1. The Morgan fingerprint density at radius 3 is 2.61 bits per heavy atom. The van der Waals surface area contributed by atoms with E-state index in [1.54, 1.807) is 19.3 Å². The van der Waals surface area contributed by atoms with Crippen molar-refractivity contribution < 1.29 is 4.39 Å². The van der Waals surface area contributed by atoms with Crippen molar-refractivity contribution in [1.29, 1.82) is 0 Å². The van der Waals surface area contributed by atoms with Gasteiger partial charge in [0.25, 0.3) is 0 Å². The van der Waals surface area contributed by atoms with E-state index < -0.39 is 0 Å². The summed E-state index contributed by atoms with van der Waals surface area (Å²) in [5.41, 5.74) is 1.53. The first-order valence-corrected chi connectivity index (χ1v) is 6.10. The van der Waals surface area contributed by atoms with Gasteiger partial charge in [0.2, 0.25) is 0 Å². The lowest BCUT2D eigenvalue weighted by Crippen LogP contribution is -2.21. The average molecular weight is 265 g/mol. The van der Waals surface area contributed by atoms with Crippen LogP contribution in [0.4, 0.5) is 4.39 Å². The molecule has 0 aliphatic rings. The molecule has 1 aromatic heterocycles. The number of aromatic nitrogens is 1. The zero-order valence-corrected chi connectivity index (χ0v) is 10.8. The number of nitrogens with zero attached hydrogens (tertiary/aromatic N) is 1. The predicted molar refractivity (Wildman–Crippen MR) is 71.2 cm³/mol. The second-order valence-corrected chi connectivity index (χ2v) is 4.48. The quantitative estimate of drug-likeness (QED) is 0.916. The first-order valence-electron chi connectivity index (χ1n) is 5.73. The van der Waals surface area contributed by atoms with Crippen molar-refractivity contribution in [2.24, 2.45) is 0 Å². The van der Waals surface area contributed by atoms with Gasteiger partial charge in [-0.1, -0.05) is 23.7 Å². The molecule has 4 heteroatoms. The molecule has 1 atom stereocenters. The van der Waals surface area contributed by atoms with Gasteiger partial charge in [0.1, 0.15) is 5.82 Å². The van der Waals surface area contributed by atoms with Gasteiger partial charge in [0.15, 0.2) is 0 Å². The lowest BCUT2D eigenvalue weighted by molar-refractivity contribution is 0.517. The highest BCUT2D eigenvalue weighted by molar-refractivity contribution is 6.30. The summed E-state index contributed by atoms with van der Waals surface area (Å²) in [6.07, 6.45) is 2.27. The Morgan fingerprint density at radius 2 is 2.00 bits per heavy atom. The zero-order valence-electron chi connectivity index (χ0n) is 10.0. The van der Waals surface area contributed by atoms with Gasteiger partial charge in [-0.15, -0.1) is 0 Å². The Bertz CT molecular complexity index is 513. The van der Waals surface area contributed by atoms with E-state index in [2.05, 4.69) is 10.3 Å². The van der Waals surface area contributed by atoms with Crippen LogP contribution in [-0.2, 0) is 6.42 Å². The van der Waals surface area contributed by atoms with E-state index in [1.807, 2.05) is 24.3 Å². The molecule has 2 rings (SSSR count). The highest BCUT2D eigenvalue weighted by Crippen LogP contribution is 2.19. The van der Waals surface area contributed by atoms with E-state index in [0.29, 0.717) is 17.1 Å². The van der Waals surface area contributed by atoms with E-state index in [9.17, 15) is 4.39 Å². The van der Waals surface area contributed by atoms with Crippen LogP contribution in [-0.4, -0.2) is 12.0 Å². The molecule has 0 saturated heterocycles. The number of rotatable bonds is 4. The molecule has 0 aliphatic carbocycles. The van der Waals surface area contributed by atoms with Gasteiger partial charge in [-0.05, 0) is 43.3 Å². The number of halogens is 2. The van der Waals surface area contributed by atoms with E-state index >= 15 is 0 Å². The fraction of sp³-hybridized carbons (Fsp3) is 0.214. The summed E-state index contributed by atoms with van der Waals surface area (Å²) in [5.74, 6) is -0.286. The molecule has 0 amide bonds. The SMILES string of the molecule is CNC(Cc1ccc(Cl)cc1)c1ncccc1F. The molecule has 2 aromatic rings. The van der Waals surface area contributed by atoms with E-state index in [4.69, 9.17) is 11.6 Å². The minimum absolute atomic E-state index is 0.146. The average Bonchev–Trinajstić information content (AvgIpc) is 2.39. The van der Waals surface area contributed by atoms with Crippen molar-refractivity contribution in [3.63, 3.8) is 0 Å². The normalized spacial score (nSPS) is 12.4. The summed E-state index contributed by atoms with van der Waals surface area (Å²) in [4.78, 5) is 4.10. The molecule has 0 spiro atoms. The second-order valence-electron chi connectivity index (χ2n) is 4.04. The fourth-order valence-corrected chi connectivity index (χ4v) is 1.97. The molecule has 1 N–H and O–H groups in total. The maximum absolute atomic E-state index is 13.7. The Balaban J connectivity index is 2.20. The molecule has 0 radical (unpaired) electrons. The topological polar surface area (TPSA) is 24.9 Å². The molecule has 0 fully saturated rings. The largest absolute Gasteiger partial charge is 0.311 e. The van der Waals surface area contributed by atoms with Crippen LogP contribution in [0, 0.1) is 5.82 Å². The minimum Gasteiger partial charge on any atom is -0.311 e. The third kappa shape index (κ3) is 3.06. The Morgan fingerprint density at radius 1 is 1.28 bits per heavy atom. The van der Waals surface area contributed by atoms with Crippen LogP contribution in [0.25, 0.3) is 0 Å². The van der Waals surface area contributed by atoms with Crippen molar-refractivity contribution in [2.75, 3.05) is 7.05 Å². The molecular formula is C14H14ClFN2. The van der Waals surface area contributed by atoms with Crippen LogP contribution < -0.4 is 5.32 Å². The van der Waals surface area contributed by atoms with E-state index in [1.165, 1.54) is 6.07 Å². The number of nitrogens with one attached hydrogen (secondary N) is 1. The Hall–Kier alpha value is -1.45. The second kappa shape index (κ2) is 5.94. The van der Waals surface area contributed by atoms with Crippen LogP contribution in [0.5, 0.6) is 0 Å². The first-order chi connectivity index (χ1) is 8.70. The highest BCUT2D eigenvalue weighted by atomic mass is 35.5. The van der Waals surface area contributed by atoms with Gasteiger partial charge in [0.05, 0.1) is 11.7 Å².